The molecule has 3 atom stereocenters. The number of amidine groups is 1. The van der Waals surface area contributed by atoms with Crippen LogP contribution in [0.2, 0.25) is 0 Å². The van der Waals surface area contributed by atoms with E-state index in [0.29, 0.717) is 37.1 Å². The average Bonchev–Trinajstić information content (AvgIpc) is 3.71. The van der Waals surface area contributed by atoms with Crippen molar-refractivity contribution in [2.45, 2.75) is 82.3 Å². The van der Waals surface area contributed by atoms with E-state index in [-0.39, 0.29) is 22.9 Å². The second-order valence-corrected chi connectivity index (χ2v) is 14.3. The van der Waals surface area contributed by atoms with E-state index in [4.69, 9.17) is 0 Å². The molecule has 5 rings (SSSR count). The van der Waals surface area contributed by atoms with Crippen molar-refractivity contribution in [3.8, 4) is 0 Å². The second-order valence-electron chi connectivity index (χ2n) is 12.0. The maximum Gasteiger partial charge on any atom is 0.228 e. The van der Waals surface area contributed by atoms with Crippen LogP contribution < -0.4 is 5.32 Å². The fourth-order valence-electron chi connectivity index (χ4n) is 6.26. The first-order valence-electron chi connectivity index (χ1n) is 14.7. The van der Waals surface area contributed by atoms with Gasteiger partial charge in [-0.1, -0.05) is 62.5 Å². The van der Waals surface area contributed by atoms with Crippen LogP contribution in [-0.4, -0.2) is 38.2 Å². The van der Waals surface area contributed by atoms with Crippen molar-refractivity contribution in [3.63, 3.8) is 0 Å². The summed E-state index contributed by atoms with van der Waals surface area (Å²) in [6.07, 6.45) is 20.2. The highest BCUT2D eigenvalue weighted by molar-refractivity contribution is 7.91. The predicted octanol–water partition coefficient (Wildman–Crippen LogP) is 6.36. The molecule has 2 saturated carbocycles. The van der Waals surface area contributed by atoms with E-state index in [1.54, 1.807) is 6.07 Å². The van der Waals surface area contributed by atoms with Gasteiger partial charge in [0.25, 0.3) is 0 Å². The highest BCUT2D eigenvalue weighted by Gasteiger charge is 2.30. The van der Waals surface area contributed by atoms with Gasteiger partial charge in [-0.25, -0.2) is 12.8 Å². The molecule has 2 bridgehead atoms. The lowest BCUT2D eigenvalue weighted by atomic mass is 9.87. The number of allylic oxidation sites excluding steroid dienone is 5. The zero-order chi connectivity index (χ0) is 27.4. The molecule has 1 aromatic rings. The molecule has 39 heavy (non-hydrogen) atoms. The van der Waals surface area contributed by atoms with E-state index < -0.39 is 9.84 Å². The minimum Gasteiger partial charge on any atom is -0.311 e. The van der Waals surface area contributed by atoms with Crippen LogP contribution in [0.4, 0.5) is 4.39 Å². The van der Waals surface area contributed by atoms with Crippen LogP contribution in [-0.2, 0) is 21.1 Å². The Hall–Kier alpha value is -2.54. The number of benzene rings is 1. The summed E-state index contributed by atoms with van der Waals surface area (Å²) >= 11 is 0. The quantitative estimate of drug-likeness (QED) is 0.462. The van der Waals surface area contributed by atoms with Crippen molar-refractivity contribution < 1.29 is 17.6 Å². The van der Waals surface area contributed by atoms with Crippen LogP contribution in [0.1, 0.15) is 81.8 Å². The Morgan fingerprint density at radius 2 is 1.82 bits per heavy atom. The van der Waals surface area contributed by atoms with Gasteiger partial charge >= 0.3 is 0 Å². The van der Waals surface area contributed by atoms with E-state index in [1.165, 1.54) is 6.26 Å². The fraction of sp³-hybridized carbons (Fsp3) is 0.562. The Bertz CT molecular complexity index is 1310. The number of sulfone groups is 1. The van der Waals surface area contributed by atoms with Gasteiger partial charge in [0, 0.05) is 18.7 Å². The van der Waals surface area contributed by atoms with E-state index in [0.717, 1.165) is 86.5 Å². The molecular formula is C32H41FN2O3S. The first-order chi connectivity index (χ1) is 18.8. The Labute approximate surface area is 232 Å². The summed E-state index contributed by atoms with van der Waals surface area (Å²) in [4.78, 5) is 17.1. The van der Waals surface area contributed by atoms with Crippen LogP contribution in [0.25, 0.3) is 5.57 Å². The number of carbonyl (C=O) groups is 1. The van der Waals surface area contributed by atoms with Gasteiger partial charge in [-0.05, 0) is 91.2 Å². The predicted molar refractivity (Wildman–Crippen MR) is 156 cm³/mol. The van der Waals surface area contributed by atoms with Crippen LogP contribution in [0.3, 0.4) is 0 Å². The van der Waals surface area contributed by atoms with Gasteiger partial charge in [-0.2, -0.15) is 0 Å². The summed E-state index contributed by atoms with van der Waals surface area (Å²) in [5.41, 5.74) is 3.62. The topological polar surface area (TPSA) is 75.6 Å². The normalized spacial score (nSPS) is 26.4. The Morgan fingerprint density at radius 3 is 2.59 bits per heavy atom. The molecule has 0 aromatic heterocycles. The number of amides is 1. The molecule has 0 radical (unpaired) electrons. The first kappa shape index (κ1) is 28.0. The summed E-state index contributed by atoms with van der Waals surface area (Å²) in [6.45, 7) is 0.674. The molecule has 0 saturated heterocycles. The molecule has 1 amide bonds. The van der Waals surface area contributed by atoms with Crippen molar-refractivity contribution >= 4 is 27.2 Å². The highest BCUT2D eigenvalue weighted by Crippen LogP contribution is 2.35. The molecule has 1 heterocycles. The lowest BCUT2D eigenvalue weighted by molar-refractivity contribution is -0.120. The number of halogens is 1. The molecule has 7 heteroatoms. The summed E-state index contributed by atoms with van der Waals surface area (Å²) in [5.74, 6) is 1.32. The van der Waals surface area contributed by atoms with Crippen LogP contribution in [0.15, 0.2) is 53.1 Å². The Kier molecular flexibility index (Phi) is 8.85. The Morgan fingerprint density at radius 1 is 1.05 bits per heavy atom. The lowest BCUT2D eigenvalue weighted by Gasteiger charge is -2.20. The number of hydrogen-bond acceptors (Lipinski definition) is 4. The third-order valence-corrected chi connectivity index (χ3v) is 10.5. The smallest absolute Gasteiger partial charge is 0.228 e. The number of carbonyl (C=O) groups excluding carboxylic acids is 1. The molecule has 3 aliphatic carbocycles. The largest absolute Gasteiger partial charge is 0.311 e. The average molecular weight is 553 g/mol. The van der Waals surface area contributed by atoms with Crippen molar-refractivity contribution in [2.75, 3.05) is 12.8 Å². The SMILES string of the molecule is CS(=O)(=O)C1CCCCC(Cc2ccc(C3=CC=CC4CCN=C(NC(=O)C5CC5)C=C3C4)cc2F)CCC1. The van der Waals surface area contributed by atoms with Gasteiger partial charge in [-0.3, -0.25) is 9.79 Å². The number of hydrogen-bond donors (Lipinski definition) is 1. The van der Waals surface area contributed by atoms with E-state index in [2.05, 4.69) is 28.5 Å². The van der Waals surface area contributed by atoms with E-state index >= 15 is 4.39 Å². The zero-order valence-electron chi connectivity index (χ0n) is 23.0. The minimum absolute atomic E-state index is 0.0483. The number of nitrogens with zero attached hydrogens (tertiary/aromatic N) is 1. The standard InChI is InChI=1S/C32H41FN2O3S/c1-39(37,38)28-9-3-2-6-22(7-4-10-28)18-26-15-14-25(20-30(26)33)29-11-5-8-23-16-17-34-31(21-27(29)19-23)35-32(36)24-12-13-24/h5,8,11,14-15,20-24,28H,2-4,6-7,9-10,12-13,16-19H2,1H3,(H,34,35,36). The van der Waals surface area contributed by atoms with Gasteiger partial charge in [0.05, 0.1) is 5.25 Å². The first-order valence-corrected chi connectivity index (χ1v) is 16.6. The molecule has 4 aliphatic rings. The summed E-state index contributed by atoms with van der Waals surface area (Å²) in [6, 6.07) is 5.60. The summed E-state index contributed by atoms with van der Waals surface area (Å²) < 4.78 is 39.7. The van der Waals surface area contributed by atoms with Crippen molar-refractivity contribution in [1.29, 1.82) is 0 Å². The second kappa shape index (κ2) is 12.3. The van der Waals surface area contributed by atoms with Gasteiger partial charge in [-0.15, -0.1) is 0 Å². The molecule has 1 aromatic carbocycles. The molecule has 0 spiro atoms. The molecule has 5 nitrogen and oxygen atoms in total. The van der Waals surface area contributed by atoms with Crippen molar-refractivity contribution in [1.82, 2.24) is 5.32 Å². The minimum atomic E-state index is -3.01. The Balaban J connectivity index is 1.31. The van der Waals surface area contributed by atoms with Gasteiger partial charge in [0.15, 0.2) is 0 Å². The molecule has 2 fully saturated rings. The summed E-state index contributed by atoms with van der Waals surface area (Å²) in [5, 5.41) is 2.78. The highest BCUT2D eigenvalue weighted by atomic mass is 32.2. The van der Waals surface area contributed by atoms with E-state index in [1.807, 2.05) is 18.2 Å². The molecule has 1 N–H and O–H groups in total. The van der Waals surface area contributed by atoms with Crippen LogP contribution >= 0.6 is 0 Å². The summed E-state index contributed by atoms with van der Waals surface area (Å²) in [7, 11) is -3.01. The number of nitrogens with one attached hydrogen (secondary N) is 1. The van der Waals surface area contributed by atoms with Gasteiger partial charge in [0.2, 0.25) is 5.91 Å². The fourth-order valence-corrected chi connectivity index (χ4v) is 7.45. The number of rotatable bonds is 5. The third kappa shape index (κ3) is 7.56. The molecule has 1 aliphatic heterocycles. The maximum atomic E-state index is 15.5. The molecule has 210 valence electrons. The van der Waals surface area contributed by atoms with E-state index in [9.17, 15) is 13.2 Å². The van der Waals surface area contributed by atoms with Gasteiger partial charge in [0.1, 0.15) is 21.5 Å². The van der Waals surface area contributed by atoms with Crippen LogP contribution in [0.5, 0.6) is 0 Å². The van der Waals surface area contributed by atoms with Crippen molar-refractivity contribution in [3.05, 3.63) is 65.0 Å². The van der Waals surface area contributed by atoms with Crippen molar-refractivity contribution in [2.24, 2.45) is 22.7 Å². The zero-order valence-corrected chi connectivity index (χ0v) is 23.8. The van der Waals surface area contributed by atoms with Crippen LogP contribution in [0, 0.1) is 23.6 Å². The maximum absolute atomic E-state index is 15.5. The number of aliphatic imine (C=N–C) groups is 1. The monoisotopic (exact) mass is 552 g/mol. The number of fused-ring (bicyclic) bond motifs is 2. The lowest BCUT2D eigenvalue weighted by Crippen LogP contribution is -2.31. The molecule has 3 unspecified atom stereocenters. The third-order valence-electron chi connectivity index (χ3n) is 8.77. The van der Waals surface area contributed by atoms with Gasteiger partial charge < -0.3 is 5.32 Å². The molecular weight excluding hydrogens is 511 g/mol.